The predicted molar refractivity (Wildman–Crippen MR) is 127 cm³/mol. The summed E-state index contributed by atoms with van der Waals surface area (Å²) in [6, 6.07) is 9.62. The number of rotatable bonds is 7. The lowest BCUT2D eigenvalue weighted by atomic mass is 9.84. The third-order valence-electron chi connectivity index (χ3n) is 5.83. The Morgan fingerprint density at radius 3 is 2.44 bits per heavy atom. The van der Waals surface area contributed by atoms with Gasteiger partial charge in [0.1, 0.15) is 11.6 Å². The molecule has 0 aromatic heterocycles. The average Bonchev–Trinajstić information content (AvgIpc) is 3.06. The summed E-state index contributed by atoms with van der Waals surface area (Å²) in [5.74, 6) is 0.478. The van der Waals surface area contributed by atoms with Gasteiger partial charge in [0.15, 0.2) is 5.78 Å². The van der Waals surface area contributed by atoms with Gasteiger partial charge in [-0.25, -0.2) is 0 Å². The standard InChI is InChI=1S/C26H33N3O3/c1-7-16-9-17(11-19(10-16)26(3,4)5)22(30)15-29-14-18-12-23(32-8-2)21(25(31)28-6)13-20(18)24(29)27/h9-13,27H,7-8,14-15H2,1-6H3,(H,28,31). The van der Waals surface area contributed by atoms with E-state index in [1.54, 1.807) is 18.0 Å². The van der Waals surface area contributed by atoms with Gasteiger partial charge >= 0.3 is 0 Å². The van der Waals surface area contributed by atoms with E-state index in [9.17, 15) is 9.59 Å². The average molecular weight is 436 g/mol. The number of ketones is 1. The molecule has 0 radical (unpaired) electrons. The van der Waals surface area contributed by atoms with E-state index in [0.717, 1.165) is 23.1 Å². The highest BCUT2D eigenvalue weighted by atomic mass is 16.5. The lowest BCUT2D eigenvalue weighted by molar-refractivity contribution is 0.0953. The highest BCUT2D eigenvalue weighted by Gasteiger charge is 2.29. The lowest BCUT2D eigenvalue weighted by Gasteiger charge is -2.22. The van der Waals surface area contributed by atoms with Crippen molar-refractivity contribution in [3.05, 3.63) is 63.7 Å². The van der Waals surface area contributed by atoms with Crippen LogP contribution in [0, 0.1) is 5.41 Å². The quantitative estimate of drug-likeness (QED) is 0.634. The van der Waals surface area contributed by atoms with Gasteiger partial charge in [0.2, 0.25) is 0 Å². The molecule has 2 N–H and O–H groups in total. The van der Waals surface area contributed by atoms with Crippen molar-refractivity contribution in [3.63, 3.8) is 0 Å². The zero-order chi connectivity index (χ0) is 23.6. The number of carbonyl (C=O) groups is 2. The second-order valence-electron chi connectivity index (χ2n) is 9.17. The number of amidine groups is 1. The Bertz CT molecular complexity index is 1070. The van der Waals surface area contributed by atoms with Crippen LogP contribution in [0.1, 0.15) is 77.6 Å². The van der Waals surface area contributed by atoms with Gasteiger partial charge in [0.25, 0.3) is 5.91 Å². The normalized spacial score (nSPS) is 13.2. The van der Waals surface area contributed by atoms with Crippen LogP contribution in [-0.2, 0) is 18.4 Å². The predicted octanol–water partition coefficient (Wildman–Crippen LogP) is 4.33. The number of Topliss-reactive ketones (excluding diaryl/α,β-unsaturated/α-hetero) is 1. The van der Waals surface area contributed by atoms with Gasteiger partial charge in [0.05, 0.1) is 18.7 Å². The summed E-state index contributed by atoms with van der Waals surface area (Å²) in [6.07, 6.45) is 0.859. The van der Waals surface area contributed by atoms with Crippen LogP contribution in [0.15, 0.2) is 30.3 Å². The minimum atomic E-state index is -0.260. The summed E-state index contributed by atoms with van der Waals surface area (Å²) in [6.45, 7) is 11.4. The van der Waals surface area contributed by atoms with Crippen molar-refractivity contribution in [2.75, 3.05) is 20.2 Å². The molecular weight excluding hydrogens is 402 g/mol. The number of amides is 1. The summed E-state index contributed by atoms with van der Waals surface area (Å²) in [4.78, 5) is 27.3. The fraction of sp³-hybridized carbons (Fsp3) is 0.423. The molecule has 0 atom stereocenters. The van der Waals surface area contributed by atoms with Crippen molar-refractivity contribution >= 4 is 17.5 Å². The van der Waals surface area contributed by atoms with Crippen molar-refractivity contribution in [2.24, 2.45) is 0 Å². The van der Waals surface area contributed by atoms with E-state index in [-0.39, 0.29) is 29.5 Å². The number of fused-ring (bicyclic) bond motifs is 1. The second kappa shape index (κ2) is 9.15. The molecule has 0 saturated carbocycles. The number of carbonyl (C=O) groups excluding carboxylic acids is 2. The third kappa shape index (κ3) is 4.69. The molecule has 0 saturated heterocycles. The summed E-state index contributed by atoms with van der Waals surface area (Å²) in [7, 11) is 1.57. The number of nitrogens with zero attached hydrogens (tertiary/aromatic N) is 1. The van der Waals surface area contributed by atoms with E-state index in [0.29, 0.717) is 35.6 Å². The van der Waals surface area contributed by atoms with Crippen LogP contribution in [0.4, 0.5) is 0 Å². The fourth-order valence-corrected chi connectivity index (χ4v) is 3.90. The number of ether oxygens (including phenoxy) is 1. The Labute approximate surface area is 190 Å². The molecule has 0 spiro atoms. The fourth-order valence-electron chi connectivity index (χ4n) is 3.90. The van der Waals surface area contributed by atoms with Crippen molar-refractivity contribution < 1.29 is 14.3 Å². The van der Waals surface area contributed by atoms with Gasteiger partial charge in [-0.05, 0) is 59.7 Å². The van der Waals surface area contributed by atoms with E-state index in [2.05, 4.69) is 39.1 Å². The molecule has 2 aromatic rings. The van der Waals surface area contributed by atoms with Crippen LogP contribution in [0.2, 0.25) is 0 Å². The first-order chi connectivity index (χ1) is 15.1. The van der Waals surface area contributed by atoms with Crippen LogP contribution in [0.3, 0.4) is 0 Å². The molecule has 3 rings (SSSR count). The molecule has 0 aliphatic carbocycles. The molecule has 2 aromatic carbocycles. The van der Waals surface area contributed by atoms with Gasteiger partial charge in [-0.3, -0.25) is 15.0 Å². The molecule has 1 heterocycles. The summed E-state index contributed by atoms with van der Waals surface area (Å²) in [5, 5.41) is 11.3. The van der Waals surface area contributed by atoms with Gasteiger partial charge in [-0.2, -0.15) is 0 Å². The number of hydrogen-bond acceptors (Lipinski definition) is 4. The van der Waals surface area contributed by atoms with E-state index in [4.69, 9.17) is 10.1 Å². The summed E-state index contributed by atoms with van der Waals surface area (Å²) >= 11 is 0. The molecule has 1 aliphatic rings. The number of benzene rings is 2. The maximum Gasteiger partial charge on any atom is 0.254 e. The van der Waals surface area contributed by atoms with Crippen molar-refractivity contribution in [3.8, 4) is 5.75 Å². The molecule has 6 nitrogen and oxygen atoms in total. The molecule has 0 bridgehead atoms. The van der Waals surface area contributed by atoms with Crippen LogP contribution >= 0.6 is 0 Å². The zero-order valence-electron chi connectivity index (χ0n) is 19.9. The second-order valence-corrected chi connectivity index (χ2v) is 9.17. The van der Waals surface area contributed by atoms with Crippen LogP contribution in [-0.4, -0.2) is 42.6 Å². The Hall–Kier alpha value is -3.15. The monoisotopic (exact) mass is 435 g/mol. The molecule has 170 valence electrons. The van der Waals surface area contributed by atoms with Crippen LogP contribution in [0.25, 0.3) is 0 Å². The van der Waals surface area contributed by atoms with Gasteiger partial charge < -0.3 is 15.0 Å². The maximum absolute atomic E-state index is 13.2. The van der Waals surface area contributed by atoms with Gasteiger partial charge in [0, 0.05) is 24.7 Å². The van der Waals surface area contributed by atoms with E-state index in [1.165, 1.54) is 0 Å². The molecular formula is C26H33N3O3. The zero-order valence-corrected chi connectivity index (χ0v) is 19.9. The van der Waals surface area contributed by atoms with Gasteiger partial charge in [-0.1, -0.05) is 33.8 Å². The van der Waals surface area contributed by atoms with Crippen LogP contribution in [0.5, 0.6) is 5.75 Å². The topological polar surface area (TPSA) is 82.5 Å². The molecule has 1 amide bonds. The third-order valence-corrected chi connectivity index (χ3v) is 5.83. The highest BCUT2D eigenvalue weighted by Crippen LogP contribution is 2.31. The maximum atomic E-state index is 13.2. The first-order valence-corrected chi connectivity index (χ1v) is 11.1. The number of hydrogen-bond donors (Lipinski definition) is 2. The molecule has 6 heteroatoms. The molecule has 0 unspecified atom stereocenters. The number of aryl methyl sites for hydroxylation is 1. The van der Waals surface area contributed by atoms with E-state index < -0.39 is 0 Å². The number of nitrogens with one attached hydrogen (secondary N) is 2. The van der Waals surface area contributed by atoms with Crippen molar-refractivity contribution in [2.45, 2.75) is 53.0 Å². The minimum Gasteiger partial charge on any atom is -0.493 e. The Morgan fingerprint density at radius 2 is 1.84 bits per heavy atom. The summed E-state index contributed by atoms with van der Waals surface area (Å²) < 4.78 is 5.66. The lowest BCUT2D eigenvalue weighted by Crippen LogP contribution is -2.30. The highest BCUT2D eigenvalue weighted by molar-refractivity contribution is 6.07. The first kappa shape index (κ1) is 23.5. The Kier molecular flexibility index (Phi) is 6.72. The largest absolute Gasteiger partial charge is 0.493 e. The van der Waals surface area contributed by atoms with Crippen molar-refractivity contribution in [1.29, 1.82) is 5.41 Å². The molecule has 0 fully saturated rings. The smallest absolute Gasteiger partial charge is 0.254 e. The molecule has 32 heavy (non-hydrogen) atoms. The Balaban J connectivity index is 1.88. The Morgan fingerprint density at radius 1 is 1.12 bits per heavy atom. The first-order valence-electron chi connectivity index (χ1n) is 11.1. The van der Waals surface area contributed by atoms with Crippen molar-refractivity contribution in [1.82, 2.24) is 10.2 Å². The molecule has 1 aliphatic heterocycles. The summed E-state index contributed by atoms with van der Waals surface area (Å²) in [5.41, 5.74) is 4.85. The SMILES string of the molecule is CCOc1cc2c(cc1C(=O)NC)C(=N)N(CC(=O)c1cc(CC)cc(C(C)(C)C)c1)C2. The van der Waals surface area contributed by atoms with E-state index in [1.807, 2.05) is 25.1 Å². The van der Waals surface area contributed by atoms with Crippen LogP contribution < -0.4 is 10.1 Å². The minimum absolute atomic E-state index is 0.0140. The van der Waals surface area contributed by atoms with E-state index >= 15 is 0 Å². The van der Waals surface area contributed by atoms with Gasteiger partial charge in [-0.15, -0.1) is 0 Å².